The number of aromatic nitrogens is 2. The van der Waals surface area contributed by atoms with Gasteiger partial charge in [-0.1, -0.05) is 45.4 Å². The van der Waals surface area contributed by atoms with Gasteiger partial charge >= 0.3 is 0 Å². The van der Waals surface area contributed by atoms with Crippen LogP contribution in [0.2, 0.25) is 18.1 Å². The third kappa shape index (κ3) is 6.09. The van der Waals surface area contributed by atoms with Crippen molar-refractivity contribution in [2.45, 2.75) is 77.1 Å². The maximum atomic E-state index is 15.6. The Bertz CT molecular complexity index is 988. The van der Waals surface area contributed by atoms with Gasteiger partial charge in [-0.15, -0.1) is 0 Å². The summed E-state index contributed by atoms with van der Waals surface area (Å²) in [4.78, 5) is 13.7. The SMILES string of the molecule is CCCC(C)(C)[Si](C)(C)OCc1cccc(C2CCN(c3cnc(N4CCOCC4)nc3)CC2)c1F. The molecule has 0 unspecified atom stereocenters. The molecule has 36 heavy (non-hydrogen) atoms. The van der Waals surface area contributed by atoms with E-state index in [0.29, 0.717) is 12.2 Å². The Morgan fingerprint density at radius 2 is 1.72 bits per heavy atom. The van der Waals surface area contributed by atoms with E-state index in [4.69, 9.17) is 9.16 Å². The molecule has 0 atom stereocenters. The van der Waals surface area contributed by atoms with Crippen LogP contribution in [0.4, 0.5) is 16.0 Å². The third-order valence-electron chi connectivity index (χ3n) is 8.42. The maximum absolute atomic E-state index is 15.6. The summed E-state index contributed by atoms with van der Waals surface area (Å²) < 4.78 is 27.5. The van der Waals surface area contributed by atoms with Crippen molar-refractivity contribution in [1.29, 1.82) is 0 Å². The van der Waals surface area contributed by atoms with Gasteiger partial charge in [-0.2, -0.15) is 0 Å². The lowest BCUT2D eigenvalue weighted by molar-refractivity contribution is 0.122. The van der Waals surface area contributed by atoms with Crippen molar-refractivity contribution >= 4 is 20.0 Å². The Morgan fingerprint density at radius 1 is 1.06 bits per heavy atom. The lowest BCUT2D eigenvalue weighted by Gasteiger charge is -2.39. The Labute approximate surface area is 217 Å². The molecule has 2 saturated heterocycles. The van der Waals surface area contributed by atoms with Gasteiger partial charge in [0.1, 0.15) is 5.82 Å². The van der Waals surface area contributed by atoms with Crippen LogP contribution in [0.3, 0.4) is 0 Å². The van der Waals surface area contributed by atoms with Crippen LogP contribution in [-0.2, 0) is 15.8 Å². The van der Waals surface area contributed by atoms with Gasteiger partial charge in [0.2, 0.25) is 5.95 Å². The predicted octanol–water partition coefficient (Wildman–Crippen LogP) is 6.14. The molecule has 0 amide bonds. The Morgan fingerprint density at radius 3 is 2.36 bits per heavy atom. The average Bonchev–Trinajstić information content (AvgIpc) is 2.89. The van der Waals surface area contributed by atoms with E-state index in [1.54, 1.807) is 0 Å². The highest BCUT2D eigenvalue weighted by atomic mass is 28.4. The standard InChI is InChI=1S/C28H43FN4O2Si/c1-6-12-28(2,3)36(4,5)35-21-23-8-7-9-25(26(23)29)22-10-13-32(14-11-22)24-19-30-27(31-20-24)33-15-17-34-18-16-33/h7-9,19-20,22H,6,10-18,21H2,1-5H3. The first kappa shape index (κ1) is 27.0. The topological polar surface area (TPSA) is 50.7 Å². The molecule has 0 spiro atoms. The predicted molar refractivity (Wildman–Crippen MR) is 147 cm³/mol. The summed E-state index contributed by atoms with van der Waals surface area (Å²) in [5.41, 5.74) is 2.56. The minimum Gasteiger partial charge on any atom is -0.412 e. The van der Waals surface area contributed by atoms with E-state index in [-0.39, 0.29) is 16.8 Å². The average molecular weight is 515 g/mol. The molecule has 2 aliphatic heterocycles. The number of nitrogens with zero attached hydrogens (tertiary/aromatic N) is 4. The Balaban J connectivity index is 1.35. The maximum Gasteiger partial charge on any atom is 0.225 e. The van der Waals surface area contributed by atoms with Crippen LogP contribution in [-0.4, -0.2) is 57.7 Å². The van der Waals surface area contributed by atoms with Crippen LogP contribution in [0.1, 0.15) is 63.5 Å². The van der Waals surface area contributed by atoms with Gasteiger partial charge in [-0.25, -0.2) is 14.4 Å². The zero-order chi connectivity index (χ0) is 25.8. The number of ether oxygens (including phenoxy) is 1. The molecule has 2 aromatic rings. The Hall–Kier alpha value is -2.03. The largest absolute Gasteiger partial charge is 0.412 e. The van der Waals surface area contributed by atoms with Crippen molar-refractivity contribution in [2.75, 3.05) is 49.2 Å². The number of rotatable bonds is 9. The van der Waals surface area contributed by atoms with Crippen molar-refractivity contribution in [2.24, 2.45) is 0 Å². The van der Waals surface area contributed by atoms with E-state index in [1.165, 1.54) is 0 Å². The van der Waals surface area contributed by atoms with E-state index in [0.717, 1.165) is 82.3 Å². The second-order valence-corrected chi connectivity index (χ2v) is 16.0. The van der Waals surface area contributed by atoms with Crippen LogP contribution in [0.25, 0.3) is 0 Å². The first-order chi connectivity index (χ1) is 17.2. The highest BCUT2D eigenvalue weighted by Gasteiger charge is 2.40. The molecule has 1 aromatic carbocycles. The quantitative estimate of drug-likeness (QED) is 0.375. The zero-order valence-corrected chi connectivity index (χ0v) is 23.7. The number of morpholine rings is 1. The molecular formula is C28H43FN4O2Si. The van der Waals surface area contributed by atoms with Gasteiger partial charge in [0.15, 0.2) is 8.32 Å². The van der Waals surface area contributed by atoms with Gasteiger partial charge in [-0.3, -0.25) is 0 Å². The molecule has 1 aromatic heterocycles. The fraction of sp³-hybridized carbons (Fsp3) is 0.643. The minimum absolute atomic E-state index is 0.0766. The first-order valence-electron chi connectivity index (χ1n) is 13.5. The lowest BCUT2D eigenvalue weighted by Crippen LogP contribution is -2.42. The molecule has 2 fully saturated rings. The van der Waals surface area contributed by atoms with E-state index < -0.39 is 8.32 Å². The monoisotopic (exact) mass is 514 g/mol. The van der Waals surface area contributed by atoms with E-state index in [9.17, 15) is 0 Å². The normalized spacial score (nSPS) is 18.1. The molecular weight excluding hydrogens is 471 g/mol. The van der Waals surface area contributed by atoms with Gasteiger partial charge in [0.05, 0.1) is 37.9 Å². The van der Waals surface area contributed by atoms with Crippen molar-refractivity contribution in [3.8, 4) is 0 Å². The van der Waals surface area contributed by atoms with Crippen molar-refractivity contribution in [3.63, 3.8) is 0 Å². The first-order valence-corrected chi connectivity index (χ1v) is 16.4. The number of anilines is 2. The highest BCUT2D eigenvalue weighted by molar-refractivity contribution is 6.74. The molecule has 3 heterocycles. The fourth-order valence-electron chi connectivity index (χ4n) is 5.26. The fourth-order valence-corrected chi connectivity index (χ4v) is 7.02. The summed E-state index contributed by atoms with van der Waals surface area (Å²) >= 11 is 0. The van der Waals surface area contributed by atoms with Crippen LogP contribution < -0.4 is 9.80 Å². The zero-order valence-electron chi connectivity index (χ0n) is 22.7. The molecule has 6 nitrogen and oxygen atoms in total. The van der Waals surface area contributed by atoms with Gasteiger partial charge in [0, 0.05) is 31.7 Å². The molecule has 0 bridgehead atoms. The summed E-state index contributed by atoms with van der Waals surface area (Å²) in [5, 5.41) is 0.159. The third-order valence-corrected chi connectivity index (χ3v) is 12.8. The summed E-state index contributed by atoms with van der Waals surface area (Å²) in [5.74, 6) is 0.908. The second kappa shape index (κ2) is 11.6. The molecule has 0 radical (unpaired) electrons. The lowest BCUT2D eigenvalue weighted by atomic mass is 9.88. The van der Waals surface area contributed by atoms with Gasteiger partial charge < -0.3 is 19.0 Å². The van der Waals surface area contributed by atoms with Crippen LogP contribution in [0.15, 0.2) is 30.6 Å². The molecule has 0 aliphatic carbocycles. The Kier molecular flexibility index (Phi) is 8.68. The molecule has 0 saturated carbocycles. The van der Waals surface area contributed by atoms with Crippen molar-refractivity contribution in [3.05, 3.63) is 47.5 Å². The van der Waals surface area contributed by atoms with Crippen LogP contribution in [0, 0.1) is 5.82 Å². The molecule has 198 valence electrons. The summed E-state index contributed by atoms with van der Waals surface area (Å²) in [7, 11) is -1.97. The van der Waals surface area contributed by atoms with Gasteiger partial charge in [0.25, 0.3) is 0 Å². The van der Waals surface area contributed by atoms with Crippen molar-refractivity contribution in [1.82, 2.24) is 9.97 Å². The highest BCUT2D eigenvalue weighted by Crippen LogP contribution is 2.42. The van der Waals surface area contributed by atoms with E-state index >= 15 is 4.39 Å². The van der Waals surface area contributed by atoms with Crippen molar-refractivity contribution < 1.29 is 13.6 Å². The van der Waals surface area contributed by atoms with E-state index in [2.05, 4.69) is 53.6 Å². The molecule has 4 rings (SSSR count). The molecule has 0 N–H and O–H groups in total. The summed E-state index contributed by atoms with van der Waals surface area (Å²) in [6.45, 7) is 16.5. The van der Waals surface area contributed by atoms with Crippen LogP contribution in [0.5, 0.6) is 0 Å². The number of hydrogen-bond acceptors (Lipinski definition) is 6. The summed E-state index contributed by atoms with van der Waals surface area (Å²) in [6.07, 6.45) is 7.94. The number of halogens is 1. The van der Waals surface area contributed by atoms with Gasteiger partial charge in [-0.05, 0) is 48.9 Å². The van der Waals surface area contributed by atoms with E-state index in [1.807, 2.05) is 30.6 Å². The smallest absolute Gasteiger partial charge is 0.225 e. The number of hydrogen-bond donors (Lipinski definition) is 0. The summed E-state index contributed by atoms with van der Waals surface area (Å²) in [6, 6.07) is 5.84. The molecule has 8 heteroatoms. The van der Waals surface area contributed by atoms with Crippen LogP contribution >= 0.6 is 0 Å². The minimum atomic E-state index is -1.97. The second-order valence-electron chi connectivity index (χ2n) is 11.4. The number of piperidine rings is 1. The molecule has 2 aliphatic rings. The number of benzene rings is 1.